The van der Waals surface area contributed by atoms with Crippen LogP contribution in [0.5, 0.6) is 5.75 Å². The van der Waals surface area contributed by atoms with E-state index in [4.69, 9.17) is 24.3 Å². The number of anilines is 1. The molecule has 4 heterocycles. The molecule has 5 rings (SSSR count). The Bertz CT molecular complexity index is 1130. The fourth-order valence-electron chi connectivity index (χ4n) is 3.42. The van der Waals surface area contributed by atoms with Crippen molar-refractivity contribution in [2.24, 2.45) is 5.73 Å². The first-order valence-electron chi connectivity index (χ1n) is 8.67. The number of halogens is 1. The van der Waals surface area contributed by atoms with Crippen LogP contribution in [-0.2, 0) is 16.0 Å². The Morgan fingerprint density at radius 3 is 2.86 bits per heavy atom. The van der Waals surface area contributed by atoms with Gasteiger partial charge in [0.15, 0.2) is 34.9 Å². The van der Waals surface area contributed by atoms with Crippen LogP contribution in [-0.4, -0.2) is 41.6 Å². The van der Waals surface area contributed by atoms with Crippen molar-refractivity contribution in [3.8, 4) is 28.5 Å². The van der Waals surface area contributed by atoms with Crippen molar-refractivity contribution < 1.29 is 32.5 Å². The van der Waals surface area contributed by atoms with E-state index < -0.39 is 23.9 Å². The molecule has 1 aromatic carbocycles. The third-order valence-corrected chi connectivity index (χ3v) is 4.80. The third kappa shape index (κ3) is 2.62. The van der Waals surface area contributed by atoms with Crippen molar-refractivity contribution >= 4 is 17.7 Å². The molecule has 0 saturated carbocycles. The molecule has 2 aromatic heterocycles. The normalized spacial score (nSPS) is 17.9. The largest absolute Gasteiger partial charge is 0.489 e. The lowest BCUT2D eigenvalue weighted by atomic mass is 10.0. The van der Waals surface area contributed by atoms with E-state index >= 15 is 4.39 Å². The van der Waals surface area contributed by atoms with Crippen LogP contribution in [0.15, 0.2) is 33.4 Å². The van der Waals surface area contributed by atoms with Crippen molar-refractivity contribution in [2.45, 2.75) is 12.5 Å². The second kappa shape index (κ2) is 6.33. The van der Waals surface area contributed by atoms with Gasteiger partial charge in [-0.2, -0.15) is 0 Å². The van der Waals surface area contributed by atoms with Crippen LogP contribution in [0.25, 0.3) is 22.8 Å². The highest BCUT2D eigenvalue weighted by Gasteiger charge is 2.38. The van der Waals surface area contributed by atoms with Crippen LogP contribution in [0.3, 0.4) is 0 Å². The smallest absolute Gasteiger partial charge is 0.415 e. The number of amides is 2. The number of hydrogen-bond acceptors (Lipinski definition) is 8. The van der Waals surface area contributed by atoms with Crippen LogP contribution >= 0.6 is 0 Å². The first-order valence-corrected chi connectivity index (χ1v) is 8.67. The molecule has 2 N–H and O–H groups in total. The average molecular weight is 400 g/mol. The predicted molar refractivity (Wildman–Crippen MR) is 93.4 cm³/mol. The molecule has 0 spiro atoms. The Hall–Kier alpha value is -3.89. The van der Waals surface area contributed by atoms with Crippen LogP contribution < -0.4 is 15.4 Å². The second-order valence-electron chi connectivity index (χ2n) is 6.47. The van der Waals surface area contributed by atoms with Gasteiger partial charge in [0.25, 0.3) is 5.91 Å². The molecule has 1 saturated heterocycles. The van der Waals surface area contributed by atoms with Gasteiger partial charge in [-0.1, -0.05) is 10.3 Å². The summed E-state index contributed by atoms with van der Waals surface area (Å²) in [6.07, 6.45) is -0.132. The lowest BCUT2D eigenvalue weighted by Gasteiger charge is -2.17. The number of benzene rings is 1. The number of fused-ring (bicyclic) bond motifs is 3. The van der Waals surface area contributed by atoms with E-state index in [2.05, 4.69) is 10.3 Å². The minimum atomic E-state index is -1.15. The molecule has 148 valence electrons. The number of nitrogens with two attached hydrogens (primary N) is 1. The molecule has 0 unspecified atom stereocenters. The molecule has 3 aromatic rings. The van der Waals surface area contributed by atoms with Crippen LogP contribution in [0.1, 0.15) is 5.56 Å². The Kier molecular flexibility index (Phi) is 3.76. The Balaban J connectivity index is 1.57. The lowest BCUT2D eigenvalue weighted by molar-refractivity contribution is -0.124. The van der Waals surface area contributed by atoms with Gasteiger partial charge in [0, 0.05) is 18.1 Å². The molecule has 0 bridgehead atoms. The maximum Gasteiger partial charge on any atom is 0.415 e. The minimum absolute atomic E-state index is 0.0863. The van der Waals surface area contributed by atoms with E-state index in [9.17, 15) is 9.59 Å². The Labute approximate surface area is 161 Å². The zero-order chi connectivity index (χ0) is 20.1. The number of nitrogens with zero attached hydrogens (tertiary/aromatic N) is 3. The fourth-order valence-corrected chi connectivity index (χ4v) is 3.42. The highest BCUT2D eigenvalue weighted by atomic mass is 19.1. The van der Waals surface area contributed by atoms with E-state index in [-0.39, 0.29) is 24.6 Å². The van der Waals surface area contributed by atoms with Gasteiger partial charge in [0.2, 0.25) is 0 Å². The molecule has 2 aliphatic heterocycles. The van der Waals surface area contributed by atoms with Crippen LogP contribution in [0.2, 0.25) is 0 Å². The molecule has 1 atom stereocenters. The standard InChI is InChI=1S/C18H13FN4O6/c19-13-10(23-7-12(17(20)24)27-18(23)25)2-1-9-15-8(4-6-26-16(9)13)14(22-29-15)11-3-5-21-28-11/h1-3,5,12H,4,6-7H2,(H2,20,24)/t12-/m1/s1. The average Bonchev–Trinajstić information content (AvgIpc) is 3.41. The monoisotopic (exact) mass is 400 g/mol. The zero-order valence-electron chi connectivity index (χ0n) is 14.8. The summed E-state index contributed by atoms with van der Waals surface area (Å²) in [5.41, 5.74) is 6.59. The molecular formula is C18H13FN4O6. The van der Waals surface area contributed by atoms with Gasteiger partial charge in [-0.3, -0.25) is 9.69 Å². The van der Waals surface area contributed by atoms with Gasteiger partial charge in [-0.05, 0) is 12.1 Å². The topological polar surface area (TPSA) is 134 Å². The van der Waals surface area contributed by atoms with Crippen molar-refractivity contribution in [3.05, 3.63) is 35.8 Å². The van der Waals surface area contributed by atoms with Gasteiger partial charge in [0.05, 0.1) is 30.6 Å². The van der Waals surface area contributed by atoms with Crippen molar-refractivity contribution in [1.82, 2.24) is 10.3 Å². The number of carbonyl (C=O) groups excluding carboxylic acids is 2. The Morgan fingerprint density at radius 2 is 2.14 bits per heavy atom. The lowest BCUT2D eigenvalue weighted by Crippen LogP contribution is -2.32. The third-order valence-electron chi connectivity index (χ3n) is 4.80. The van der Waals surface area contributed by atoms with Gasteiger partial charge in [-0.25, -0.2) is 9.18 Å². The summed E-state index contributed by atoms with van der Waals surface area (Å²) >= 11 is 0. The van der Waals surface area contributed by atoms with Gasteiger partial charge >= 0.3 is 6.09 Å². The predicted octanol–water partition coefficient (Wildman–Crippen LogP) is 1.88. The number of aromatic nitrogens is 2. The summed E-state index contributed by atoms with van der Waals surface area (Å²) in [4.78, 5) is 24.3. The molecule has 2 amide bonds. The van der Waals surface area contributed by atoms with Crippen LogP contribution in [0, 0.1) is 5.82 Å². The van der Waals surface area contributed by atoms with Crippen molar-refractivity contribution in [2.75, 3.05) is 18.1 Å². The quantitative estimate of drug-likeness (QED) is 0.704. The first-order chi connectivity index (χ1) is 14.0. The van der Waals surface area contributed by atoms with E-state index in [0.29, 0.717) is 34.8 Å². The van der Waals surface area contributed by atoms with Crippen LogP contribution in [0.4, 0.5) is 14.9 Å². The van der Waals surface area contributed by atoms with Gasteiger partial charge in [0.1, 0.15) is 0 Å². The number of cyclic esters (lactones) is 1. The molecule has 10 nitrogen and oxygen atoms in total. The molecule has 1 fully saturated rings. The highest BCUT2D eigenvalue weighted by Crippen LogP contribution is 2.43. The van der Waals surface area contributed by atoms with Gasteiger partial charge < -0.3 is 24.3 Å². The number of carbonyl (C=O) groups is 2. The fraction of sp³-hybridized carbons (Fsp3) is 0.222. The van der Waals surface area contributed by atoms with Gasteiger partial charge in [-0.15, -0.1) is 0 Å². The minimum Gasteiger partial charge on any atom is -0.489 e. The number of hydrogen-bond donors (Lipinski definition) is 1. The van der Waals surface area contributed by atoms with E-state index in [1.807, 2.05) is 0 Å². The van der Waals surface area contributed by atoms with E-state index in [1.54, 1.807) is 12.1 Å². The Morgan fingerprint density at radius 1 is 1.28 bits per heavy atom. The van der Waals surface area contributed by atoms with Crippen molar-refractivity contribution in [3.63, 3.8) is 0 Å². The summed E-state index contributed by atoms with van der Waals surface area (Å²) in [6.45, 7) is -0.0375. The van der Waals surface area contributed by atoms with Crippen molar-refractivity contribution in [1.29, 1.82) is 0 Å². The SMILES string of the molecule is NC(=O)[C@H]1CN(c2ccc3c(c2F)OCCc2c(-c4ccno4)noc2-3)C(=O)O1. The maximum absolute atomic E-state index is 15.3. The number of ether oxygens (including phenoxy) is 2. The zero-order valence-corrected chi connectivity index (χ0v) is 14.8. The molecule has 0 aliphatic carbocycles. The summed E-state index contributed by atoms with van der Waals surface area (Å²) in [5, 5.41) is 7.69. The second-order valence-corrected chi connectivity index (χ2v) is 6.47. The molecular weight excluding hydrogens is 387 g/mol. The summed E-state index contributed by atoms with van der Waals surface area (Å²) in [6, 6.07) is 4.58. The summed E-state index contributed by atoms with van der Waals surface area (Å²) < 4.78 is 36.4. The van der Waals surface area contributed by atoms with E-state index in [0.717, 1.165) is 4.90 Å². The molecule has 11 heteroatoms. The molecule has 29 heavy (non-hydrogen) atoms. The summed E-state index contributed by atoms with van der Waals surface area (Å²) in [7, 11) is 0. The highest BCUT2D eigenvalue weighted by molar-refractivity contribution is 5.96. The molecule has 0 radical (unpaired) electrons. The maximum atomic E-state index is 15.3. The first kappa shape index (κ1) is 17.2. The number of primary amides is 1. The summed E-state index contributed by atoms with van der Waals surface area (Å²) in [5.74, 6) is -0.911. The molecule has 2 aliphatic rings. The van der Waals surface area contributed by atoms with E-state index in [1.165, 1.54) is 12.3 Å². The number of rotatable bonds is 3.